The Labute approximate surface area is 122 Å². The predicted octanol–water partition coefficient (Wildman–Crippen LogP) is 6.84. The molecule has 1 aliphatic carbocycles. The van der Waals surface area contributed by atoms with Crippen molar-refractivity contribution in [2.45, 2.75) is 98.8 Å². The molecule has 0 heteroatoms. The first kappa shape index (κ1) is 17.1. The van der Waals surface area contributed by atoms with E-state index in [1.165, 1.54) is 64.2 Å². The fraction of sp³-hybridized carbons (Fsp3) is 1.00. The van der Waals surface area contributed by atoms with Crippen LogP contribution in [0.2, 0.25) is 0 Å². The second-order valence-corrected chi connectivity index (χ2v) is 8.47. The van der Waals surface area contributed by atoms with E-state index in [0.29, 0.717) is 5.41 Å². The molecule has 0 aromatic carbocycles. The Morgan fingerprint density at radius 2 is 1.63 bits per heavy atom. The maximum atomic E-state index is 2.43. The van der Waals surface area contributed by atoms with Crippen LogP contribution in [0.5, 0.6) is 0 Å². The van der Waals surface area contributed by atoms with Gasteiger partial charge in [0.05, 0.1) is 0 Å². The van der Waals surface area contributed by atoms with Gasteiger partial charge >= 0.3 is 0 Å². The summed E-state index contributed by atoms with van der Waals surface area (Å²) in [4.78, 5) is 0. The molecule has 0 heterocycles. The summed E-state index contributed by atoms with van der Waals surface area (Å²) in [6, 6.07) is 0. The Balaban J connectivity index is 2.27. The van der Waals surface area contributed by atoms with Gasteiger partial charge in [-0.05, 0) is 36.0 Å². The molecule has 19 heavy (non-hydrogen) atoms. The SMILES string of the molecule is CCCC(CCCC(C)(C)C)CC1CCC(C)CC1. The molecule has 0 amide bonds. The van der Waals surface area contributed by atoms with Crippen LogP contribution in [0, 0.1) is 23.2 Å². The van der Waals surface area contributed by atoms with Crippen molar-refractivity contribution in [3.8, 4) is 0 Å². The van der Waals surface area contributed by atoms with E-state index in [9.17, 15) is 0 Å². The monoisotopic (exact) mass is 266 g/mol. The van der Waals surface area contributed by atoms with E-state index < -0.39 is 0 Å². The average Bonchev–Trinajstić information content (AvgIpc) is 2.30. The van der Waals surface area contributed by atoms with Crippen LogP contribution in [0.4, 0.5) is 0 Å². The summed E-state index contributed by atoms with van der Waals surface area (Å²) in [6.07, 6.45) is 14.7. The third-order valence-corrected chi connectivity index (χ3v) is 5.04. The van der Waals surface area contributed by atoms with Gasteiger partial charge < -0.3 is 0 Å². The van der Waals surface area contributed by atoms with Crippen LogP contribution in [0.15, 0.2) is 0 Å². The molecular formula is C19H38. The minimum atomic E-state index is 0.525. The zero-order chi connectivity index (χ0) is 14.3. The van der Waals surface area contributed by atoms with Gasteiger partial charge in [0.1, 0.15) is 0 Å². The molecule has 0 bridgehead atoms. The van der Waals surface area contributed by atoms with Crippen molar-refractivity contribution in [3.05, 3.63) is 0 Å². The normalized spacial score (nSPS) is 26.4. The van der Waals surface area contributed by atoms with E-state index in [0.717, 1.165) is 17.8 Å². The lowest BCUT2D eigenvalue weighted by Gasteiger charge is -2.30. The lowest BCUT2D eigenvalue weighted by atomic mass is 9.76. The van der Waals surface area contributed by atoms with Gasteiger partial charge in [0.15, 0.2) is 0 Å². The van der Waals surface area contributed by atoms with Crippen LogP contribution >= 0.6 is 0 Å². The summed E-state index contributed by atoms with van der Waals surface area (Å²) >= 11 is 0. The van der Waals surface area contributed by atoms with Gasteiger partial charge in [-0.15, -0.1) is 0 Å². The molecule has 0 aliphatic heterocycles. The first-order valence-electron chi connectivity index (χ1n) is 8.90. The van der Waals surface area contributed by atoms with E-state index >= 15 is 0 Å². The van der Waals surface area contributed by atoms with Crippen molar-refractivity contribution < 1.29 is 0 Å². The third kappa shape index (κ3) is 8.00. The Morgan fingerprint density at radius 1 is 1.00 bits per heavy atom. The summed E-state index contributed by atoms with van der Waals surface area (Å²) in [7, 11) is 0. The minimum Gasteiger partial charge on any atom is -0.0654 e. The molecule has 1 aliphatic rings. The molecule has 1 rings (SSSR count). The van der Waals surface area contributed by atoms with E-state index in [4.69, 9.17) is 0 Å². The Kier molecular flexibility index (Phi) is 7.47. The smallest absolute Gasteiger partial charge is 0.0383 e. The Morgan fingerprint density at radius 3 is 2.16 bits per heavy atom. The quantitative estimate of drug-likeness (QED) is 0.473. The van der Waals surface area contributed by atoms with Gasteiger partial charge in [-0.3, -0.25) is 0 Å². The molecule has 0 nitrogen and oxygen atoms in total. The van der Waals surface area contributed by atoms with Gasteiger partial charge in [0.25, 0.3) is 0 Å². The van der Waals surface area contributed by atoms with Crippen LogP contribution < -0.4 is 0 Å². The van der Waals surface area contributed by atoms with E-state index in [2.05, 4.69) is 34.6 Å². The molecular weight excluding hydrogens is 228 g/mol. The van der Waals surface area contributed by atoms with E-state index in [1.54, 1.807) is 0 Å². The van der Waals surface area contributed by atoms with Gasteiger partial charge in [-0.1, -0.05) is 86.0 Å². The predicted molar refractivity (Wildman–Crippen MR) is 87.4 cm³/mol. The largest absolute Gasteiger partial charge is 0.0654 e. The highest BCUT2D eigenvalue weighted by atomic mass is 14.3. The first-order valence-corrected chi connectivity index (χ1v) is 8.90. The maximum Gasteiger partial charge on any atom is -0.0383 e. The summed E-state index contributed by atoms with van der Waals surface area (Å²) in [5, 5.41) is 0. The zero-order valence-corrected chi connectivity index (χ0v) is 14.3. The first-order chi connectivity index (χ1) is 8.90. The minimum absolute atomic E-state index is 0.525. The highest BCUT2D eigenvalue weighted by molar-refractivity contribution is 4.74. The van der Waals surface area contributed by atoms with Crippen molar-refractivity contribution in [1.82, 2.24) is 0 Å². The summed E-state index contributed by atoms with van der Waals surface area (Å²) < 4.78 is 0. The molecule has 0 radical (unpaired) electrons. The van der Waals surface area contributed by atoms with Crippen LogP contribution in [0.25, 0.3) is 0 Å². The second kappa shape index (κ2) is 8.32. The lowest BCUT2D eigenvalue weighted by molar-refractivity contribution is 0.226. The van der Waals surface area contributed by atoms with Crippen molar-refractivity contribution in [2.75, 3.05) is 0 Å². The summed E-state index contributed by atoms with van der Waals surface area (Å²) in [5.41, 5.74) is 0.525. The Bertz CT molecular complexity index is 215. The van der Waals surface area contributed by atoms with Crippen LogP contribution in [-0.2, 0) is 0 Å². The van der Waals surface area contributed by atoms with Gasteiger partial charge in [-0.25, -0.2) is 0 Å². The molecule has 0 spiro atoms. The molecule has 114 valence electrons. The summed E-state index contributed by atoms with van der Waals surface area (Å²) in [6.45, 7) is 11.9. The number of rotatable bonds is 7. The van der Waals surface area contributed by atoms with Crippen molar-refractivity contribution in [1.29, 1.82) is 0 Å². The highest BCUT2D eigenvalue weighted by Crippen LogP contribution is 2.35. The van der Waals surface area contributed by atoms with E-state index in [1.807, 2.05) is 0 Å². The van der Waals surface area contributed by atoms with Gasteiger partial charge in [-0.2, -0.15) is 0 Å². The molecule has 0 aromatic heterocycles. The summed E-state index contributed by atoms with van der Waals surface area (Å²) in [5.74, 6) is 3.08. The average molecular weight is 267 g/mol. The molecule has 0 aromatic rings. The lowest BCUT2D eigenvalue weighted by Crippen LogP contribution is -2.16. The third-order valence-electron chi connectivity index (χ3n) is 5.04. The van der Waals surface area contributed by atoms with Crippen LogP contribution in [0.1, 0.15) is 98.8 Å². The van der Waals surface area contributed by atoms with Gasteiger partial charge in [0.2, 0.25) is 0 Å². The maximum absolute atomic E-state index is 2.43. The van der Waals surface area contributed by atoms with Crippen LogP contribution in [0.3, 0.4) is 0 Å². The second-order valence-electron chi connectivity index (χ2n) is 8.47. The molecule has 0 saturated heterocycles. The Hall–Kier alpha value is 0. The van der Waals surface area contributed by atoms with Crippen molar-refractivity contribution in [3.63, 3.8) is 0 Å². The topological polar surface area (TPSA) is 0 Å². The van der Waals surface area contributed by atoms with Crippen molar-refractivity contribution in [2.24, 2.45) is 23.2 Å². The fourth-order valence-corrected chi connectivity index (χ4v) is 3.75. The molecule has 0 N–H and O–H groups in total. The zero-order valence-electron chi connectivity index (χ0n) is 14.3. The number of hydrogen-bond acceptors (Lipinski definition) is 0. The van der Waals surface area contributed by atoms with Crippen molar-refractivity contribution >= 4 is 0 Å². The molecule has 1 fully saturated rings. The van der Waals surface area contributed by atoms with E-state index in [-0.39, 0.29) is 0 Å². The molecule has 1 saturated carbocycles. The van der Waals surface area contributed by atoms with Crippen LogP contribution in [-0.4, -0.2) is 0 Å². The number of hydrogen-bond donors (Lipinski definition) is 0. The standard InChI is InChI=1S/C19H38/c1-6-8-17(9-7-14-19(3,4)5)15-18-12-10-16(2)11-13-18/h16-18H,6-15H2,1-5H3. The fourth-order valence-electron chi connectivity index (χ4n) is 3.75. The highest BCUT2D eigenvalue weighted by Gasteiger charge is 2.21. The van der Waals surface area contributed by atoms with Gasteiger partial charge in [0, 0.05) is 0 Å². The molecule has 1 atom stereocenters. The molecule has 1 unspecified atom stereocenters.